The predicted octanol–water partition coefficient (Wildman–Crippen LogP) is 7.06. The Hall–Kier alpha value is -3.49. The van der Waals surface area contributed by atoms with Crippen LogP contribution in [-0.2, 0) is 23.9 Å². The SMILES string of the molecule is C=C(/C=C\C)C(=O)CC.C=C(COC(=O)C1CC2(CCCC2)CN1C(=O)C(NC)C(C)CNC)c1ccc(C)cc1.C=COC.CC. The lowest BCUT2D eigenvalue weighted by Gasteiger charge is -2.31. The van der Waals surface area contributed by atoms with E-state index in [0.717, 1.165) is 30.5 Å². The van der Waals surface area contributed by atoms with Gasteiger partial charge in [-0.2, -0.15) is 0 Å². The number of aryl methyl sites for hydroxylation is 1. The monoisotopic (exact) mass is 653 g/mol. The van der Waals surface area contributed by atoms with Crippen molar-refractivity contribution in [1.29, 1.82) is 0 Å². The Morgan fingerprint density at radius 3 is 2.15 bits per heavy atom. The fraction of sp³-hybridized carbons (Fsp3) is 0.564. The predicted molar refractivity (Wildman–Crippen MR) is 196 cm³/mol. The van der Waals surface area contributed by atoms with Crippen LogP contribution in [0.4, 0.5) is 0 Å². The number of nitrogens with one attached hydrogen (secondary N) is 2. The van der Waals surface area contributed by atoms with Gasteiger partial charge in [0.15, 0.2) is 5.78 Å². The third-order valence-corrected chi connectivity index (χ3v) is 8.46. The summed E-state index contributed by atoms with van der Waals surface area (Å²) in [5.41, 5.74) is 3.55. The van der Waals surface area contributed by atoms with E-state index < -0.39 is 6.04 Å². The molecule has 1 aromatic carbocycles. The number of benzene rings is 1. The molecule has 8 heteroatoms. The lowest BCUT2D eigenvalue weighted by atomic mass is 9.84. The smallest absolute Gasteiger partial charge is 0.329 e. The highest BCUT2D eigenvalue weighted by molar-refractivity contribution is 5.97. The van der Waals surface area contributed by atoms with Gasteiger partial charge in [-0.1, -0.05) is 102 Å². The van der Waals surface area contributed by atoms with Crippen molar-refractivity contribution in [2.24, 2.45) is 11.3 Å². The maximum Gasteiger partial charge on any atom is 0.329 e. The maximum atomic E-state index is 13.5. The Morgan fingerprint density at radius 2 is 1.68 bits per heavy atom. The minimum atomic E-state index is -0.524. The molecule has 3 rings (SSSR count). The van der Waals surface area contributed by atoms with Crippen molar-refractivity contribution < 1.29 is 23.9 Å². The van der Waals surface area contributed by atoms with Gasteiger partial charge in [0, 0.05) is 18.5 Å². The Kier molecular flexibility index (Phi) is 22.0. The lowest BCUT2D eigenvalue weighted by molar-refractivity contribution is -0.153. The van der Waals surface area contributed by atoms with Crippen molar-refractivity contribution in [3.8, 4) is 0 Å². The summed E-state index contributed by atoms with van der Waals surface area (Å²) >= 11 is 0. The number of Topliss-reactive ketones (excluding diaryl/α,β-unsaturated/α-hetero) is 1. The number of ether oxygens (including phenoxy) is 2. The molecule has 0 radical (unpaired) electrons. The van der Waals surface area contributed by atoms with Crippen molar-refractivity contribution in [3.05, 3.63) is 79.1 Å². The summed E-state index contributed by atoms with van der Waals surface area (Å²) in [5.74, 6) is -0.0893. The number of rotatable bonds is 13. The third kappa shape index (κ3) is 14.4. The number of amides is 1. The molecule has 1 amide bonds. The van der Waals surface area contributed by atoms with Crippen molar-refractivity contribution in [2.45, 2.75) is 92.2 Å². The van der Waals surface area contributed by atoms with Gasteiger partial charge in [-0.25, -0.2) is 4.79 Å². The molecule has 3 unspecified atom stereocenters. The van der Waals surface area contributed by atoms with Gasteiger partial charge >= 0.3 is 5.97 Å². The van der Waals surface area contributed by atoms with E-state index in [4.69, 9.17) is 4.74 Å². The van der Waals surface area contributed by atoms with Gasteiger partial charge in [0.2, 0.25) is 5.91 Å². The van der Waals surface area contributed by atoms with Crippen LogP contribution >= 0.6 is 0 Å². The average molecular weight is 654 g/mol. The second-order valence-electron chi connectivity index (χ2n) is 12.0. The minimum absolute atomic E-state index is 0.00154. The fourth-order valence-electron chi connectivity index (χ4n) is 5.90. The molecule has 0 aromatic heterocycles. The highest BCUT2D eigenvalue weighted by Crippen LogP contribution is 2.48. The van der Waals surface area contributed by atoms with Gasteiger partial charge in [-0.05, 0) is 76.2 Å². The molecule has 0 bridgehead atoms. The van der Waals surface area contributed by atoms with E-state index in [2.05, 4.69) is 42.0 Å². The number of esters is 1. The summed E-state index contributed by atoms with van der Waals surface area (Å²) in [5, 5.41) is 6.33. The number of carbonyl (C=O) groups excluding carboxylic acids is 3. The van der Waals surface area contributed by atoms with Crippen molar-refractivity contribution >= 4 is 23.2 Å². The number of methoxy groups -OCH3 is 1. The number of allylic oxidation sites excluding steroid dienone is 3. The third-order valence-electron chi connectivity index (χ3n) is 8.46. The molecule has 1 aromatic rings. The van der Waals surface area contributed by atoms with Crippen LogP contribution in [0.15, 0.2) is 68.0 Å². The normalized spacial score (nSPS) is 17.1. The quantitative estimate of drug-likeness (QED) is 0.102. The van der Waals surface area contributed by atoms with Gasteiger partial charge in [0.1, 0.15) is 12.6 Å². The van der Waals surface area contributed by atoms with Crippen LogP contribution in [0.5, 0.6) is 0 Å². The van der Waals surface area contributed by atoms with E-state index in [0.29, 0.717) is 25.0 Å². The maximum absolute atomic E-state index is 13.5. The Balaban J connectivity index is 0.00000118. The van der Waals surface area contributed by atoms with Gasteiger partial charge < -0.3 is 25.0 Å². The molecule has 2 N–H and O–H groups in total. The summed E-state index contributed by atoms with van der Waals surface area (Å²) in [4.78, 5) is 39.3. The number of hydrogen-bond donors (Lipinski definition) is 2. The van der Waals surface area contributed by atoms with Gasteiger partial charge in [-0.3, -0.25) is 9.59 Å². The Bertz CT molecular complexity index is 1150. The summed E-state index contributed by atoms with van der Waals surface area (Å²) in [6.07, 6.45) is 10.6. The standard InChI is InChI=1S/C26H39N3O3.C8H12O.C3H6O.C2H6/c1-18-8-10-21(11-9-18)20(3)16-32-25(31)22-14-26(12-6-7-13-26)17-29(22)24(30)23(28-5)19(2)15-27-4;1-4-6-7(3)8(9)5-2;1-3-4-2;1-2/h8-11,19,22-23,27-28H,3,6-7,12-17H2,1-2,4-5H3;4,6H,3,5H2,1-2H3;3H,1H2,2H3;1-2H3/b;6-4-;;. The minimum Gasteiger partial charge on any atom is -0.505 e. The van der Waals surface area contributed by atoms with Crippen LogP contribution in [0, 0.1) is 18.3 Å². The molecule has 1 saturated carbocycles. The fourth-order valence-corrected chi connectivity index (χ4v) is 5.90. The first-order valence-corrected chi connectivity index (χ1v) is 17.0. The van der Waals surface area contributed by atoms with Crippen molar-refractivity contribution in [3.63, 3.8) is 0 Å². The van der Waals surface area contributed by atoms with Crippen LogP contribution in [-0.4, -0.2) is 75.5 Å². The number of nitrogens with zero attached hydrogens (tertiary/aromatic N) is 1. The Labute approximate surface area is 285 Å². The molecule has 1 saturated heterocycles. The zero-order chi connectivity index (χ0) is 36.0. The number of hydrogen-bond acceptors (Lipinski definition) is 7. The van der Waals surface area contributed by atoms with Crippen LogP contribution in [0.3, 0.4) is 0 Å². The number of likely N-dealkylation sites (tertiary alicyclic amines) is 1. The topological polar surface area (TPSA) is 97.0 Å². The van der Waals surface area contributed by atoms with Crippen LogP contribution in [0.25, 0.3) is 5.57 Å². The summed E-state index contributed by atoms with van der Waals surface area (Å²) in [6, 6.07) is 7.17. The van der Waals surface area contributed by atoms with Crippen LogP contribution < -0.4 is 10.6 Å². The molecular weight excluding hydrogens is 590 g/mol. The van der Waals surface area contributed by atoms with E-state index >= 15 is 0 Å². The van der Waals surface area contributed by atoms with Crippen molar-refractivity contribution in [1.82, 2.24) is 15.5 Å². The highest BCUT2D eigenvalue weighted by atomic mass is 16.5. The van der Waals surface area contributed by atoms with Gasteiger partial charge in [-0.15, -0.1) is 0 Å². The van der Waals surface area contributed by atoms with E-state index in [1.807, 2.05) is 79.1 Å². The van der Waals surface area contributed by atoms with Crippen molar-refractivity contribution in [2.75, 3.05) is 40.9 Å². The van der Waals surface area contributed by atoms with Gasteiger partial charge in [0.05, 0.1) is 19.4 Å². The lowest BCUT2D eigenvalue weighted by Crippen LogP contribution is -2.53. The average Bonchev–Trinajstić information content (AvgIpc) is 3.71. The first-order chi connectivity index (χ1) is 22.4. The number of ketones is 1. The Morgan fingerprint density at radius 1 is 1.11 bits per heavy atom. The molecule has 1 aliphatic heterocycles. The molecule has 2 aliphatic rings. The molecule has 1 aliphatic carbocycles. The number of likely N-dealkylation sites (N-methyl/N-ethyl adjacent to an activating group) is 1. The molecule has 47 heavy (non-hydrogen) atoms. The molecule has 264 valence electrons. The van der Waals surface area contributed by atoms with Crippen LogP contribution in [0.2, 0.25) is 0 Å². The molecule has 8 nitrogen and oxygen atoms in total. The van der Waals surface area contributed by atoms with Crippen LogP contribution in [0.1, 0.15) is 84.3 Å². The van der Waals surface area contributed by atoms with E-state index in [1.165, 1.54) is 24.7 Å². The molecule has 2 fully saturated rings. The zero-order valence-corrected chi connectivity index (χ0v) is 30.7. The number of carbonyl (C=O) groups is 3. The summed E-state index contributed by atoms with van der Waals surface area (Å²) in [7, 11) is 5.26. The van der Waals surface area contributed by atoms with E-state index in [1.54, 1.807) is 18.1 Å². The first kappa shape index (κ1) is 43.5. The van der Waals surface area contributed by atoms with E-state index in [9.17, 15) is 14.4 Å². The molecule has 3 atom stereocenters. The molecular formula is C39H63N3O5. The second-order valence-corrected chi connectivity index (χ2v) is 12.0. The summed E-state index contributed by atoms with van der Waals surface area (Å²) in [6.45, 7) is 24.2. The van der Waals surface area contributed by atoms with E-state index in [-0.39, 0.29) is 41.6 Å². The molecule has 1 spiro atoms. The largest absolute Gasteiger partial charge is 0.505 e. The first-order valence-electron chi connectivity index (χ1n) is 17.0. The highest BCUT2D eigenvalue weighted by Gasteiger charge is 2.51. The zero-order valence-electron chi connectivity index (χ0n) is 30.7. The second kappa shape index (κ2) is 23.8. The molecule has 1 heterocycles. The summed E-state index contributed by atoms with van der Waals surface area (Å²) < 4.78 is 10.0. The van der Waals surface area contributed by atoms with Gasteiger partial charge in [0.25, 0.3) is 0 Å².